The Labute approximate surface area is 326 Å². The fourth-order valence-electron chi connectivity index (χ4n) is 8.64. The van der Waals surface area contributed by atoms with Gasteiger partial charge >= 0.3 is 0 Å². The summed E-state index contributed by atoms with van der Waals surface area (Å²) in [6, 6.07) is 65.5. The van der Waals surface area contributed by atoms with Crippen LogP contribution in [0.15, 0.2) is 192 Å². The normalized spacial score (nSPS) is 11.9. The highest BCUT2D eigenvalue weighted by atomic mass is 16.3. The van der Waals surface area contributed by atoms with Gasteiger partial charge in [0, 0.05) is 54.7 Å². The first kappa shape index (κ1) is 31.5. The smallest absolute Gasteiger partial charge is 0.164 e. The standard InChI is InChI=1S/C51H31N5O/c1-3-14-32(15-4-1)49-52-50(33-16-5-2-6-17-33)54-51(53-49)34-26-28-35(29-27-34)55-41-22-10-7-18-36(41)38-30-31-43-46(47(38)55)40-20-8-11-23-42(40)56(43)44-24-13-21-39-37-19-9-12-25-45(37)57-48(39)44/h1-31H. The Balaban J connectivity index is 1.09. The lowest BCUT2D eigenvalue weighted by Crippen LogP contribution is -2.00. The molecule has 12 rings (SSSR count). The third-order valence-electron chi connectivity index (χ3n) is 11.2. The van der Waals surface area contributed by atoms with Gasteiger partial charge in [-0.2, -0.15) is 0 Å². The van der Waals surface area contributed by atoms with Crippen LogP contribution in [-0.2, 0) is 0 Å². The third kappa shape index (κ3) is 4.81. The van der Waals surface area contributed by atoms with Crippen LogP contribution in [-0.4, -0.2) is 24.1 Å². The first-order chi connectivity index (χ1) is 28.3. The zero-order valence-corrected chi connectivity index (χ0v) is 30.5. The van der Waals surface area contributed by atoms with Gasteiger partial charge in [0.25, 0.3) is 0 Å². The average Bonchev–Trinajstić information content (AvgIpc) is 3.95. The third-order valence-corrected chi connectivity index (χ3v) is 11.2. The van der Waals surface area contributed by atoms with E-state index in [4.69, 9.17) is 19.4 Å². The van der Waals surface area contributed by atoms with Crippen LogP contribution in [0.3, 0.4) is 0 Å². The van der Waals surface area contributed by atoms with E-state index in [-0.39, 0.29) is 0 Å². The monoisotopic (exact) mass is 729 g/mol. The molecule has 6 heteroatoms. The van der Waals surface area contributed by atoms with E-state index in [2.05, 4.69) is 124 Å². The Hall–Kier alpha value is -7.83. The molecule has 0 N–H and O–H groups in total. The van der Waals surface area contributed by atoms with E-state index in [1.807, 2.05) is 72.8 Å². The van der Waals surface area contributed by atoms with E-state index >= 15 is 0 Å². The second-order valence-corrected chi connectivity index (χ2v) is 14.4. The highest BCUT2D eigenvalue weighted by molar-refractivity contribution is 6.26. The van der Waals surface area contributed by atoms with Crippen LogP contribution in [0.1, 0.15) is 0 Å². The Kier molecular flexibility index (Phi) is 6.83. The maximum absolute atomic E-state index is 6.61. The summed E-state index contributed by atoms with van der Waals surface area (Å²) in [7, 11) is 0. The maximum atomic E-state index is 6.61. The van der Waals surface area contributed by atoms with Gasteiger partial charge in [-0.05, 0) is 54.6 Å². The largest absolute Gasteiger partial charge is 0.454 e. The maximum Gasteiger partial charge on any atom is 0.164 e. The minimum atomic E-state index is 0.627. The SMILES string of the molecule is c1ccc(-c2nc(-c3ccccc3)nc(-c3ccc(-n4c5ccccc5c5ccc6c(c7ccccc7n6-c6cccc7c6oc6ccccc67)c54)cc3)n2)cc1. The number of para-hydroxylation sites is 4. The Bertz CT molecular complexity index is 3450. The van der Waals surface area contributed by atoms with Gasteiger partial charge in [0.15, 0.2) is 23.1 Å². The lowest BCUT2D eigenvalue weighted by atomic mass is 10.1. The molecule has 0 aliphatic rings. The van der Waals surface area contributed by atoms with Gasteiger partial charge in [0.1, 0.15) is 5.58 Å². The van der Waals surface area contributed by atoms with E-state index in [1.54, 1.807) is 0 Å². The second kappa shape index (κ2) is 12.3. The lowest BCUT2D eigenvalue weighted by Gasteiger charge is -2.12. The minimum Gasteiger partial charge on any atom is -0.454 e. The molecule has 0 atom stereocenters. The van der Waals surface area contributed by atoms with Crippen molar-refractivity contribution >= 4 is 65.6 Å². The Morgan fingerprint density at radius 2 is 0.895 bits per heavy atom. The molecule has 0 bridgehead atoms. The van der Waals surface area contributed by atoms with Crippen LogP contribution >= 0.6 is 0 Å². The predicted molar refractivity (Wildman–Crippen MR) is 232 cm³/mol. The summed E-state index contributed by atoms with van der Waals surface area (Å²) in [6.07, 6.45) is 0. The van der Waals surface area contributed by atoms with E-state index in [1.165, 1.54) is 21.5 Å². The van der Waals surface area contributed by atoms with Crippen LogP contribution in [0.5, 0.6) is 0 Å². The van der Waals surface area contributed by atoms with Crippen molar-refractivity contribution in [1.82, 2.24) is 24.1 Å². The van der Waals surface area contributed by atoms with Crippen molar-refractivity contribution in [2.75, 3.05) is 0 Å². The van der Waals surface area contributed by atoms with E-state index in [0.29, 0.717) is 17.5 Å². The number of rotatable bonds is 5. The molecule has 8 aromatic carbocycles. The molecule has 0 aliphatic carbocycles. The molecule has 0 amide bonds. The number of nitrogens with zero attached hydrogens (tertiary/aromatic N) is 5. The van der Waals surface area contributed by atoms with Gasteiger partial charge in [-0.25, -0.2) is 15.0 Å². The summed E-state index contributed by atoms with van der Waals surface area (Å²) in [5, 5.41) is 6.99. The number of fused-ring (bicyclic) bond motifs is 10. The first-order valence-electron chi connectivity index (χ1n) is 19.1. The fourth-order valence-corrected chi connectivity index (χ4v) is 8.64. The molecule has 0 aliphatic heterocycles. The molecule has 4 heterocycles. The van der Waals surface area contributed by atoms with Gasteiger partial charge in [-0.1, -0.05) is 133 Å². The highest BCUT2D eigenvalue weighted by Gasteiger charge is 2.23. The zero-order chi connectivity index (χ0) is 37.5. The van der Waals surface area contributed by atoms with Crippen molar-refractivity contribution in [1.29, 1.82) is 0 Å². The van der Waals surface area contributed by atoms with Gasteiger partial charge in [-0.15, -0.1) is 0 Å². The molecule has 0 radical (unpaired) electrons. The van der Waals surface area contributed by atoms with E-state index in [9.17, 15) is 0 Å². The first-order valence-corrected chi connectivity index (χ1v) is 19.1. The van der Waals surface area contributed by atoms with E-state index < -0.39 is 0 Å². The van der Waals surface area contributed by atoms with Crippen molar-refractivity contribution in [2.45, 2.75) is 0 Å². The highest BCUT2D eigenvalue weighted by Crippen LogP contribution is 2.43. The number of aromatic nitrogens is 5. The number of hydrogen-bond acceptors (Lipinski definition) is 4. The molecule has 57 heavy (non-hydrogen) atoms. The fraction of sp³-hybridized carbons (Fsp3) is 0. The average molecular weight is 730 g/mol. The van der Waals surface area contributed by atoms with Crippen molar-refractivity contribution in [2.24, 2.45) is 0 Å². The molecule has 0 spiro atoms. The lowest BCUT2D eigenvalue weighted by molar-refractivity contribution is 0.666. The quantitative estimate of drug-likeness (QED) is 0.177. The summed E-state index contributed by atoms with van der Waals surface area (Å²) < 4.78 is 11.4. The molecule has 0 saturated heterocycles. The summed E-state index contributed by atoms with van der Waals surface area (Å²) in [5.41, 5.74) is 11.2. The Morgan fingerprint density at radius 1 is 0.351 bits per heavy atom. The van der Waals surface area contributed by atoms with Crippen molar-refractivity contribution in [3.05, 3.63) is 188 Å². The number of furan rings is 1. The van der Waals surface area contributed by atoms with Crippen molar-refractivity contribution < 1.29 is 4.42 Å². The number of benzene rings is 8. The van der Waals surface area contributed by atoms with Crippen LogP contribution in [0.2, 0.25) is 0 Å². The molecule has 266 valence electrons. The molecule has 0 fully saturated rings. The van der Waals surface area contributed by atoms with Crippen LogP contribution in [0, 0.1) is 0 Å². The van der Waals surface area contributed by atoms with Crippen LogP contribution < -0.4 is 0 Å². The zero-order valence-electron chi connectivity index (χ0n) is 30.5. The Morgan fingerprint density at radius 3 is 1.58 bits per heavy atom. The predicted octanol–water partition coefficient (Wildman–Crippen LogP) is 13.0. The molecule has 0 saturated carbocycles. The van der Waals surface area contributed by atoms with Gasteiger partial charge in [0.05, 0.1) is 27.8 Å². The number of hydrogen-bond donors (Lipinski definition) is 0. The summed E-state index contributed by atoms with van der Waals surface area (Å²) in [5.74, 6) is 1.91. The van der Waals surface area contributed by atoms with Crippen LogP contribution in [0.25, 0.3) is 111 Å². The van der Waals surface area contributed by atoms with Crippen LogP contribution in [0.4, 0.5) is 0 Å². The van der Waals surface area contributed by atoms with Crippen molar-refractivity contribution in [3.8, 4) is 45.5 Å². The summed E-state index contributed by atoms with van der Waals surface area (Å²) in [6.45, 7) is 0. The molecule has 12 aromatic rings. The molecular formula is C51H31N5O. The van der Waals surface area contributed by atoms with Crippen molar-refractivity contribution in [3.63, 3.8) is 0 Å². The summed E-state index contributed by atoms with van der Waals surface area (Å²) >= 11 is 0. The molecule has 4 aromatic heterocycles. The van der Waals surface area contributed by atoms with E-state index in [0.717, 1.165) is 72.1 Å². The van der Waals surface area contributed by atoms with Gasteiger partial charge in [-0.3, -0.25) is 0 Å². The molecule has 0 unspecified atom stereocenters. The summed E-state index contributed by atoms with van der Waals surface area (Å²) in [4.78, 5) is 14.9. The molecular weight excluding hydrogens is 699 g/mol. The van der Waals surface area contributed by atoms with Gasteiger partial charge < -0.3 is 13.6 Å². The minimum absolute atomic E-state index is 0.627. The van der Waals surface area contributed by atoms with Gasteiger partial charge in [0.2, 0.25) is 0 Å². The topological polar surface area (TPSA) is 61.7 Å². The second-order valence-electron chi connectivity index (χ2n) is 14.4. The molecule has 6 nitrogen and oxygen atoms in total.